The van der Waals surface area contributed by atoms with E-state index in [1.54, 1.807) is 0 Å². The van der Waals surface area contributed by atoms with Gasteiger partial charge in [0.2, 0.25) is 5.91 Å². The van der Waals surface area contributed by atoms with Crippen LogP contribution < -0.4 is 5.32 Å². The molecular weight excluding hydrogens is 262 g/mol. The normalized spacial score (nSPS) is 17.0. The van der Waals surface area contributed by atoms with Gasteiger partial charge in [0.1, 0.15) is 0 Å². The molecule has 116 valence electrons. The highest BCUT2D eigenvalue weighted by atomic mass is 16.2. The van der Waals surface area contributed by atoms with Crippen LogP contribution in [0.3, 0.4) is 0 Å². The number of hydrogen-bond acceptors (Lipinski definition) is 3. The Bertz CT molecular complexity index is 429. The molecule has 21 heavy (non-hydrogen) atoms. The third kappa shape index (κ3) is 4.55. The van der Waals surface area contributed by atoms with Crippen LogP contribution in [-0.4, -0.2) is 55.5 Å². The molecule has 1 N–H and O–H groups in total. The number of carbonyl (C=O) groups is 1. The number of carbonyl (C=O) groups excluding carboxylic acids is 1. The molecule has 0 radical (unpaired) electrons. The highest BCUT2D eigenvalue weighted by Crippen LogP contribution is 2.24. The van der Waals surface area contributed by atoms with Gasteiger partial charge in [-0.1, -0.05) is 43.7 Å². The topological polar surface area (TPSA) is 35.6 Å². The summed E-state index contributed by atoms with van der Waals surface area (Å²) >= 11 is 0. The van der Waals surface area contributed by atoms with Gasteiger partial charge in [-0.3, -0.25) is 9.69 Å². The third-order valence-corrected chi connectivity index (χ3v) is 4.13. The van der Waals surface area contributed by atoms with E-state index in [1.165, 1.54) is 5.56 Å². The SMILES string of the molecule is CCCC(c1ccccc1)N(C)CC(=O)N1CCNCC1. The average Bonchev–Trinajstić information content (AvgIpc) is 2.54. The summed E-state index contributed by atoms with van der Waals surface area (Å²) in [5.74, 6) is 0.246. The van der Waals surface area contributed by atoms with Crippen LogP contribution in [-0.2, 0) is 4.79 Å². The van der Waals surface area contributed by atoms with Crippen molar-refractivity contribution in [3.8, 4) is 0 Å². The fourth-order valence-electron chi connectivity index (χ4n) is 2.93. The minimum absolute atomic E-state index is 0.246. The van der Waals surface area contributed by atoms with Crippen molar-refractivity contribution in [1.29, 1.82) is 0 Å². The third-order valence-electron chi connectivity index (χ3n) is 4.13. The molecule has 4 nitrogen and oxygen atoms in total. The number of nitrogens with one attached hydrogen (secondary N) is 1. The molecular formula is C17H27N3O. The fraction of sp³-hybridized carbons (Fsp3) is 0.588. The molecule has 1 aliphatic rings. The van der Waals surface area contributed by atoms with Gasteiger partial charge in [0.05, 0.1) is 6.54 Å². The zero-order valence-corrected chi connectivity index (χ0v) is 13.2. The molecule has 1 aromatic rings. The quantitative estimate of drug-likeness (QED) is 0.869. The maximum Gasteiger partial charge on any atom is 0.236 e. The van der Waals surface area contributed by atoms with E-state index < -0.39 is 0 Å². The van der Waals surface area contributed by atoms with Gasteiger partial charge in [-0.25, -0.2) is 0 Å². The van der Waals surface area contributed by atoms with Crippen LogP contribution in [0, 0.1) is 0 Å². The highest BCUT2D eigenvalue weighted by molar-refractivity contribution is 5.78. The van der Waals surface area contributed by atoms with Crippen molar-refractivity contribution < 1.29 is 4.79 Å². The van der Waals surface area contributed by atoms with Crippen molar-refractivity contribution in [3.63, 3.8) is 0 Å². The van der Waals surface area contributed by atoms with Gasteiger partial charge in [0.15, 0.2) is 0 Å². The predicted octanol–water partition coefficient (Wildman–Crippen LogP) is 1.89. The summed E-state index contributed by atoms with van der Waals surface area (Å²) in [6, 6.07) is 10.8. The molecule has 1 fully saturated rings. The Labute approximate surface area is 128 Å². The summed E-state index contributed by atoms with van der Waals surface area (Å²) in [5.41, 5.74) is 1.30. The van der Waals surface area contributed by atoms with Gasteiger partial charge >= 0.3 is 0 Å². The zero-order chi connectivity index (χ0) is 15.1. The van der Waals surface area contributed by atoms with Crippen LogP contribution in [0.5, 0.6) is 0 Å². The molecule has 1 amide bonds. The monoisotopic (exact) mass is 289 g/mol. The van der Waals surface area contributed by atoms with E-state index in [1.807, 2.05) is 11.0 Å². The van der Waals surface area contributed by atoms with E-state index in [4.69, 9.17) is 0 Å². The molecule has 1 heterocycles. The molecule has 0 spiro atoms. The Morgan fingerprint density at radius 2 is 1.95 bits per heavy atom. The lowest BCUT2D eigenvalue weighted by atomic mass is 10.0. The van der Waals surface area contributed by atoms with Crippen molar-refractivity contribution in [1.82, 2.24) is 15.1 Å². The van der Waals surface area contributed by atoms with Crippen LogP contribution in [0.1, 0.15) is 31.4 Å². The summed E-state index contributed by atoms with van der Waals surface area (Å²) in [4.78, 5) is 16.6. The number of piperazine rings is 1. The second-order valence-electron chi connectivity index (χ2n) is 5.76. The number of hydrogen-bond donors (Lipinski definition) is 1. The Balaban J connectivity index is 1.98. The molecule has 1 unspecified atom stereocenters. The second-order valence-corrected chi connectivity index (χ2v) is 5.76. The van der Waals surface area contributed by atoms with Gasteiger partial charge < -0.3 is 10.2 Å². The van der Waals surface area contributed by atoms with Crippen LogP contribution >= 0.6 is 0 Å². The van der Waals surface area contributed by atoms with Crippen LogP contribution in [0.15, 0.2) is 30.3 Å². The van der Waals surface area contributed by atoms with Crippen molar-refractivity contribution in [2.45, 2.75) is 25.8 Å². The maximum atomic E-state index is 12.4. The average molecular weight is 289 g/mol. The number of benzene rings is 1. The van der Waals surface area contributed by atoms with Crippen molar-refractivity contribution in [2.24, 2.45) is 0 Å². The number of rotatable bonds is 6. The Morgan fingerprint density at radius 1 is 1.29 bits per heavy atom. The molecule has 0 aromatic heterocycles. The summed E-state index contributed by atoms with van der Waals surface area (Å²) in [6.07, 6.45) is 2.20. The fourth-order valence-corrected chi connectivity index (χ4v) is 2.93. The van der Waals surface area contributed by atoms with Crippen molar-refractivity contribution in [2.75, 3.05) is 39.8 Å². The van der Waals surface area contributed by atoms with Gasteiger partial charge in [-0.05, 0) is 19.0 Å². The van der Waals surface area contributed by atoms with E-state index in [9.17, 15) is 4.79 Å². The standard InChI is InChI=1S/C17H27N3O/c1-3-7-16(15-8-5-4-6-9-15)19(2)14-17(21)20-12-10-18-11-13-20/h4-6,8-9,16,18H,3,7,10-14H2,1-2H3. The van der Waals surface area contributed by atoms with Crippen LogP contribution in [0.4, 0.5) is 0 Å². The molecule has 0 bridgehead atoms. The Morgan fingerprint density at radius 3 is 2.57 bits per heavy atom. The first kappa shape index (κ1) is 16.0. The minimum Gasteiger partial charge on any atom is -0.339 e. The smallest absolute Gasteiger partial charge is 0.236 e. The largest absolute Gasteiger partial charge is 0.339 e. The van der Waals surface area contributed by atoms with E-state index >= 15 is 0 Å². The summed E-state index contributed by atoms with van der Waals surface area (Å²) in [6.45, 7) is 6.17. The second kappa shape index (κ2) is 8.15. The lowest BCUT2D eigenvalue weighted by molar-refractivity contribution is -0.133. The number of likely N-dealkylation sites (N-methyl/N-ethyl adjacent to an activating group) is 1. The Kier molecular flexibility index (Phi) is 6.21. The molecule has 0 saturated carbocycles. The van der Waals surface area contributed by atoms with Gasteiger partial charge in [-0.15, -0.1) is 0 Å². The molecule has 0 aliphatic carbocycles. The van der Waals surface area contributed by atoms with Crippen LogP contribution in [0.25, 0.3) is 0 Å². The first-order chi connectivity index (χ1) is 10.2. The van der Waals surface area contributed by atoms with E-state index in [2.05, 4.69) is 48.5 Å². The maximum absolute atomic E-state index is 12.4. The van der Waals surface area contributed by atoms with Gasteiger partial charge in [0.25, 0.3) is 0 Å². The summed E-state index contributed by atoms with van der Waals surface area (Å²) < 4.78 is 0. The van der Waals surface area contributed by atoms with E-state index in [0.29, 0.717) is 12.6 Å². The predicted molar refractivity (Wildman–Crippen MR) is 86.2 cm³/mol. The van der Waals surface area contributed by atoms with Gasteiger partial charge in [-0.2, -0.15) is 0 Å². The molecule has 2 rings (SSSR count). The molecule has 1 aliphatic heterocycles. The van der Waals surface area contributed by atoms with Crippen molar-refractivity contribution >= 4 is 5.91 Å². The highest BCUT2D eigenvalue weighted by Gasteiger charge is 2.22. The number of nitrogens with zero attached hydrogens (tertiary/aromatic N) is 2. The van der Waals surface area contributed by atoms with E-state index in [0.717, 1.165) is 39.0 Å². The van der Waals surface area contributed by atoms with Crippen molar-refractivity contribution in [3.05, 3.63) is 35.9 Å². The molecule has 4 heteroatoms. The Hall–Kier alpha value is -1.39. The summed E-state index contributed by atoms with van der Waals surface area (Å²) in [5, 5.41) is 3.28. The lowest BCUT2D eigenvalue weighted by Crippen LogP contribution is -2.49. The van der Waals surface area contributed by atoms with Crippen LogP contribution in [0.2, 0.25) is 0 Å². The van der Waals surface area contributed by atoms with Gasteiger partial charge in [0, 0.05) is 32.2 Å². The van der Waals surface area contributed by atoms with E-state index in [-0.39, 0.29) is 5.91 Å². The first-order valence-corrected chi connectivity index (χ1v) is 7.96. The first-order valence-electron chi connectivity index (χ1n) is 7.96. The molecule has 1 atom stereocenters. The zero-order valence-electron chi connectivity index (χ0n) is 13.2. The lowest BCUT2D eigenvalue weighted by Gasteiger charge is -2.32. The summed E-state index contributed by atoms with van der Waals surface area (Å²) in [7, 11) is 2.06. The number of amides is 1. The minimum atomic E-state index is 0.246. The molecule has 1 aromatic carbocycles. The molecule has 1 saturated heterocycles.